The first-order valence-corrected chi connectivity index (χ1v) is 6.26. The Morgan fingerprint density at radius 1 is 0.950 bits per heavy atom. The van der Waals surface area contributed by atoms with Gasteiger partial charge in [0, 0.05) is 23.8 Å². The van der Waals surface area contributed by atoms with Crippen molar-refractivity contribution in [2.45, 2.75) is 6.42 Å². The molecular formula is C16H15N3O. The maximum Gasteiger partial charge on any atom is 0.168 e. The minimum atomic E-state index is 0.00262. The number of benzene rings is 2. The number of rotatable bonds is 5. The van der Waals surface area contributed by atoms with E-state index in [2.05, 4.69) is 10.2 Å². The molecule has 0 aliphatic heterocycles. The van der Waals surface area contributed by atoms with Gasteiger partial charge in [-0.2, -0.15) is 5.10 Å². The predicted molar refractivity (Wildman–Crippen MR) is 81.0 cm³/mol. The van der Waals surface area contributed by atoms with Crippen LogP contribution in [0.2, 0.25) is 0 Å². The Labute approximate surface area is 117 Å². The quantitative estimate of drug-likeness (QED) is 0.391. The highest BCUT2D eigenvalue weighted by Gasteiger charge is 2.01. The first-order valence-electron chi connectivity index (χ1n) is 6.26. The van der Waals surface area contributed by atoms with Crippen LogP contribution < -0.4 is 5.73 Å². The molecule has 0 spiro atoms. The molecule has 0 fully saturated rings. The van der Waals surface area contributed by atoms with Crippen molar-refractivity contribution < 1.29 is 4.79 Å². The molecule has 0 radical (unpaired) electrons. The molecule has 0 atom stereocenters. The molecule has 2 rings (SSSR count). The average molecular weight is 265 g/mol. The van der Waals surface area contributed by atoms with Crippen molar-refractivity contribution in [2.24, 2.45) is 15.9 Å². The number of carbonyl (C=O) groups is 1. The largest absolute Gasteiger partial charge is 0.382 e. The Balaban J connectivity index is 1.93. The van der Waals surface area contributed by atoms with Gasteiger partial charge < -0.3 is 5.73 Å². The molecule has 0 aliphatic rings. The Bertz CT molecular complexity index is 619. The lowest BCUT2D eigenvalue weighted by Crippen LogP contribution is -2.12. The monoisotopic (exact) mass is 265 g/mol. The second-order valence-corrected chi connectivity index (χ2v) is 4.14. The molecule has 0 aromatic heterocycles. The van der Waals surface area contributed by atoms with Crippen LogP contribution in [0.3, 0.4) is 0 Å². The number of hydrogen-bond acceptors (Lipinski definition) is 3. The molecule has 0 saturated heterocycles. The fourth-order valence-corrected chi connectivity index (χ4v) is 1.64. The lowest BCUT2D eigenvalue weighted by molar-refractivity contribution is 0.100. The summed E-state index contributed by atoms with van der Waals surface area (Å²) in [6.07, 6.45) is 1.67. The lowest BCUT2D eigenvalue weighted by Gasteiger charge is -1.97. The molecule has 4 heteroatoms. The van der Waals surface area contributed by atoms with Crippen molar-refractivity contribution in [3.8, 4) is 0 Å². The number of amidine groups is 1. The molecule has 4 nitrogen and oxygen atoms in total. The topological polar surface area (TPSA) is 67.8 Å². The van der Waals surface area contributed by atoms with Crippen molar-refractivity contribution in [2.75, 3.05) is 0 Å². The molecule has 0 aliphatic carbocycles. The first-order chi connectivity index (χ1) is 9.77. The van der Waals surface area contributed by atoms with Gasteiger partial charge in [-0.25, -0.2) is 0 Å². The van der Waals surface area contributed by atoms with Crippen molar-refractivity contribution >= 4 is 17.8 Å². The molecular weight excluding hydrogens is 250 g/mol. The van der Waals surface area contributed by atoms with Crippen molar-refractivity contribution in [1.29, 1.82) is 0 Å². The van der Waals surface area contributed by atoms with Gasteiger partial charge in [-0.05, 0) is 0 Å². The number of carbonyl (C=O) groups excluding carboxylic acids is 1. The summed E-state index contributed by atoms with van der Waals surface area (Å²) in [5, 5.41) is 7.70. The highest BCUT2D eigenvalue weighted by molar-refractivity contribution is 6.03. The molecule has 20 heavy (non-hydrogen) atoms. The summed E-state index contributed by atoms with van der Waals surface area (Å²) in [4.78, 5) is 11.8. The Kier molecular flexibility index (Phi) is 4.78. The van der Waals surface area contributed by atoms with E-state index in [1.165, 1.54) is 6.21 Å². The van der Waals surface area contributed by atoms with E-state index in [4.69, 9.17) is 5.73 Å². The summed E-state index contributed by atoms with van der Waals surface area (Å²) < 4.78 is 0. The van der Waals surface area contributed by atoms with Crippen LogP contribution in [0, 0.1) is 0 Å². The van der Waals surface area contributed by atoms with E-state index >= 15 is 0 Å². The van der Waals surface area contributed by atoms with Crippen LogP contribution >= 0.6 is 0 Å². The van der Waals surface area contributed by atoms with E-state index in [0.29, 0.717) is 11.4 Å². The normalized spacial score (nSPS) is 11.7. The van der Waals surface area contributed by atoms with Gasteiger partial charge in [0.05, 0.1) is 0 Å². The molecule has 0 unspecified atom stereocenters. The van der Waals surface area contributed by atoms with Gasteiger partial charge in [0.15, 0.2) is 11.6 Å². The van der Waals surface area contributed by atoms with E-state index in [1.54, 1.807) is 12.1 Å². The highest BCUT2D eigenvalue weighted by Crippen LogP contribution is 2.02. The SMILES string of the molecule is N/C(=N\N=C/CC(=O)c1ccccc1)c1ccccc1. The van der Waals surface area contributed by atoms with Gasteiger partial charge in [-0.1, -0.05) is 60.7 Å². The molecule has 0 bridgehead atoms. The van der Waals surface area contributed by atoms with Gasteiger partial charge in [-0.3, -0.25) is 4.79 Å². The van der Waals surface area contributed by atoms with Gasteiger partial charge >= 0.3 is 0 Å². The van der Waals surface area contributed by atoms with Crippen LogP contribution in [0.25, 0.3) is 0 Å². The zero-order valence-corrected chi connectivity index (χ0v) is 10.9. The van der Waals surface area contributed by atoms with Crippen LogP contribution in [-0.2, 0) is 0 Å². The fraction of sp³-hybridized carbons (Fsp3) is 0.0625. The van der Waals surface area contributed by atoms with E-state index < -0.39 is 0 Å². The Morgan fingerprint density at radius 2 is 1.50 bits per heavy atom. The van der Waals surface area contributed by atoms with Crippen molar-refractivity contribution in [1.82, 2.24) is 0 Å². The number of nitrogens with two attached hydrogens (primary N) is 1. The average Bonchev–Trinajstić information content (AvgIpc) is 2.53. The summed E-state index contributed by atoms with van der Waals surface area (Å²) in [6, 6.07) is 18.4. The Hall–Kier alpha value is -2.75. The maximum absolute atomic E-state index is 11.8. The molecule has 2 N–H and O–H groups in total. The smallest absolute Gasteiger partial charge is 0.168 e. The predicted octanol–water partition coefficient (Wildman–Crippen LogP) is 2.65. The molecule has 2 aromatic carbocycles. The third-order valence-corrected chi connectivity index (χ3v) is 2.69. The van der Waals surface area contributed by atoms with Crippen molar-refractivity contribution in [3.05, 3.63) is 71.8 Å². The molecule has 0 saturated carbocycles. The van der Waals surface area contributed by atoms with Crippen LogP contribution in [0.5, 0.6) is 0 Å². The van der Waals surface area contributed by atoms with E-state index in [0.717, 1.165) is 5.56 Å². The third-order valence-electron chi connectivity index (χ3n) is 2.69. The van der Waals surface area contributed by atoms with E-state index in [1.807, 2.05) is 48.5 Å². The number of hydrogen-bond donors (Lipinski definition) is 1. The first kappa shape index (κ1) is 13.7. The summed E-state index contributed by atoms with van der Waals surface area (Å²) in [6.45, 7) is 0. The summed E-state index contributed by atoms with van der Waals surface area (Å²) in [5.41, 5.74) is 7.24. The molecule has 2 aromatic rings. The van der Waals surface area contributed by atoms with E-state index in [-0.39, 0.29) is 12.2 Å². The molecule has 0 amide bonds. The Morgan fingerprint density at radius 3 is 2.10 bits per heavy atom. The van der Waals surface area contributed by atoms with Gasteiger partial charge in [-0.15, -0.1) is 5.10 Å². The molecule has 0 heterocycles. The van der Waals surface area contributed by atoms with Crippen LogP contribution in [0.4, 0.5) is 0 Å². The fourth-order valence-electron chi connectivity index (χ4n) is 1.64. The highest BCUT2D eigenvalue weighted by atomic mass is 16.1. The standard InChI is InChI=1S/C16H15N3O/c17-16(14-9-5-2-6-10-14)19-18-12-11-15(20)13-7-3-1-4-8-13/h1-10,12H,11H2,(H2,17,19)/b18-12-. The third kappa shape index (κ3) is 3.88. The van der Waals surface area contributed by atoms with Crippen LogP contribution in [0.1, 0.15) is 22.3 Å². The summed E-state index contributed by atoms with van der Waals surface area (Å²) >= 11 is 0. The second-order valence-electron chi connectivity index (χ2n) is 4.14. The number of ketones is 1. The summed E-state index contributed by atoms with van der Waals surface area (Å²) in [5.74, 6) is 0.330. The summed E-state index contributed by atoms with van der Waals surface area (Å²) in [7, 11) is 0. The molecule has 100 valence electrons. The van der Waals surface area contributed by atoms with Gasteiger partial charge in [0.1, 0.15) is 0 Å². The number of Topliss-reactive ketones (excluding diaryl/α,β-unsaturated/α-hetero) is 1. The van der Waals surface area contributed by atoms with Gasteiger partial charge in [0.2, 0.25) is 0 Å². The minimum absolute atomic E-state index is 0.00262. The van der Waals surface area contributed by atoms with E-state index in [9.17, 15) is 4.79 Å². The van der Waals surface area contributed by atoms with Crippen molar-refractivity contribution in [3.63, 3.8) is 0 Å². The van der Waals surface area contributed by atoms with Crippen LogP contribution in [0.15, 0.2) is 70.9 Å². The van der Waals surface area contributed by atoms with Gasteiger partial charge in [0.25, 0.3) is 0 Å². The number of nitrogens with zero attached hydrogens (tertiary/aromatic N) is 2. The van der Waals surface area contributed by atoms with Crippen LogP contribution in [-0.4, -0.2) is 17.8 Å². The second kappa shape index (κ2) is 6.99. The zero-order valence-electron chi connectivity index (χ0n) is 10.9. The lowest BCUT2D eigenvalue weighted by atomic mass is 10.1. The minimum Gasteiger partial charge on any atom is -0.382 e. The zero-order chi connectivity index (χ0) is 14.2. The maximum atomic E-state index is 11.8.